The predicted octanol–water partition coefficient (Wildman–Crippen LogP) is 13.5. The summed E-state index contributed by atoms with van der Waals surface area (Å²) in [5, 5.41) is 2.21. The first-order valence-electron chi connectivity index (χ1n) is 21.2. The van der Waals surface area contributed by atoms with Crippen molar-refractivity contribution in [3.05, 3.63) is 198 Å². The van der Waals surface area contributed by atoms with Crippen molar-refractivity contribution in [3.63, 3.8) is 0 Å². The van der Waals surface area contributed by atoms with Crippen LogP contribution in [0.3, 0.4) is 0 Å². The number of fused-ring (bicyclic) bond motifs is 3. The van der Waals surface area contributed by atoms with E-state index in [1.807, 2.05) is 12.3 Å². The molecule has 0 aliphatic heterocycles. The van der Waals surface area contributed by atoms with Gasteiger partial charge in [0.15, 0.2) is 0 Å². The van der Waals surface area contributed by atoms with Gasteiger partial charge < -0.3 is 13.9 Å². The van der Waals surface area contributed by atoms with Crippen molar-refractivity contribution in [2.45, 2.75) is 79.1 Å². The van der Waals surface area contributed by atoms with Crippen molar-refractivity contribution < 1.29 is 30.4 Å². The first-order valence-corrected chi connectivity index (χ1v) is 21.2. The Bertz CT molecular complexity index is 3070. The van der Waals surface area contributed by atoms with E-state index in [9.17, 15) is 0 Å². The molecule has 0 unspecified atom stereocenters. The fourth-order valence-electron chi connectivity index (χ4n) is 8.53. The van der Waals surface area contributed by atoms with Crippen LogP contribution in [0.1, 0.15) is 88.0 Å². The summed E-state index contributed by atoms with van der Waals surface area (Å²) in [4.78, 5) is 4.96. The summed E-state index contributed by atoms with van der Waals surface area (Å²) in [6.45, 7) is 20.0. The number of rotatable bonds is 9. The molecular weight excluding hydrogens is 940 g/mol. The van der Waals surface area contributed by atoms with Gasteiger partial charge >= 0.3 is 0 Å². The largest absolute Gasteiger partial charge is 0.510 e. The molecule has 0 atom stereocenters. The van der Waals surface area contributed by atoms with Crippen molar-refractivity contribution in [1.29, 1.82) is 0 Å². The average Bonchev–Trinajstić information content (AvgIpc) is 3.76. The normalized spacial score (nSPS) is 12.0. The van der Waals surface area contributed by atoms with E-state index in [1.54, 1.807) is 0 Å². The van der Waals surface area contributed by atoms with Crippen LogP contribution >= 0.6 is 0 Å². The molecule has 9 rings (SSSR count). The van der Waals surface area contributed by atoms with Crippen LogP contribution in [-0.2, 0) is 31.9 Å². The number of hydrogen-bond donors (Lipinski definition) is 0. The van der Waals surface area contributed by atoms with Gasteiger partial charge in [0.05, 0.1) is 11.4 Å². The molecule has 0 aliphatic carbocycles. The number of imidazole rings is 1. The van der Waals surface area contributed by atoms with Crippen molar-refractivity contribution in [3.8, 4) is 39.8 Å². The van der Waals surface area contributed by atoms with Crippen LogP contribution in [0.2, 0.25) is 0 Å². The number of aromatic nitrogens is 4. The number of ether oxygens (including phenoxy) is 1. The minimum Gasteiger partial charge on any atom is -0.510 e. The molecule has 3 heterocycles. The van der Waals surface area contributed by atoms with Gasteiger partial charge in [0, 0.05) is 55.4 Å². The van der Waals surface area contributed by atoms with Crippen LogP contribution in [0.15, 0.2) is 146 Å². The Labute approximate surface area is 381 Å². The van der Waals surface area contributed by atoms with Crippen LogP contribution in [0, 0.1) is 32.3 Å². The van der Waals surface area contributed by atoms with E-state index < -0.39 is 0 Å². The number of nitrogens with zero attached hydrogens (tertiary/aromatic N) is 4. The Morgan fingerprint density at radius 2 is 1.39 bits per heavy atom. The van der Waals surface area contributed by atoms with Crippen molar-refractivity contribution in [2.75, 3.05) is 0 Å². The molecule has 0 aliphatic rings. The summed E-state index contributed by atoms with van der Waals surface area (Å²) in [5.74, 6) is 2.34. The van der Waals surface area contributed by atoms with E-state index in [1.165, 1.54) is 22.3 Å². The first-order chi connectivity index (χ1) is 29.3. The molecule has 0 N–H and O–H groups in total. The van der Waals surface area contributed by atoms with Crippen LogP contribution < -0.4 is 9.30 Å². The van der Waals surface area contributed by atoms with Crippen molar-refractivity contribution in [2.24, 2.45) is 0 Å². The monoisotopic (exact) mass is 991 g/mol. The number of benzene rings is 6. The maximum absolute atomic E-state index is 6.87. The Balaban J connectivity index is 0.00000529. The smallest absolute Gasteiger partial charge is 0.267 e. The number of hydrogen-bond acceptors (Lipinski definition) is 2. The zero-order valence-corrected chi connectivity index (χ0v) is 39.2. The molecule has 0 amide bonds. The Morgan fingerprint density at radius 3 is 2.16 bits per heavy atom. The zero-order chi connectivity index (χ0) is 42.6. The molecular formula is C56H52N4OPt-2. The molecule has 0 radical (unpaired) electrons. The maximum atomic E-state index is 6.87. The fraction of sp³-hybridized carbons (Fsp3) is 0.214. The van der Waals surface area contributed by atoms with Crippen LogP contribution in [-0.4, -0.2) is 14.1 Å². The quantitative estimate of drug-likeness (QED) is 0.107. The van der Waals surface area contributed by atoms with Gasteiger partial charge in [-0.3, -0.25) is 4.57 Å². The second kappa shape index (κ2) is 16.7. The van der Waals surface area contributed by atoms with E-state index in [4.69, 9.17) is 9.72 Å². The molecule has 0 spiro atoms. The van der Waals surface area contributed by atoms with Gasteiger partial charge in [0.2, 0.25) is 0 Å². The Kier molecular flexibility index (Phi) is 11.5. The molecule has 0 bridgehead atoms. The van der Waals surface area contributed by atoms with Gasteiger partial charge in [-0.2, -0.15) is 12.1 Å². The third kappa shape index (κ3) is 7.84. The molecule has 0 saturated heterocycles. The minimum absolute atomic E-state index is 0. The summed E-state index contributed by atoms with van der Waals surface area (Å²) in [7, 11) is 0. The molecule has 6 heteroatoms. The van der Waals surface area contributed by atoms with Gasteiger partial charge in [-0.1, -0.05) is 139 Å². The van der Waals surface area contributed by atoms with Gasteiger partial charge in [-0.15, -0.1) is 35.2 Å². The Morgan fingerprint density at radius 1 is 0.661 bits per heavy atom. The molecule has 62 heavy (non-hydrogen) atoms. The molecule has 6 aromatic carbocycles. The summed E-state index contributed by atoms with van der Waals surface area (Å²) in [6, 6.07) is 56.7. The summed E-state index contributed by atoms with van der Waals surface area (Å²) >= 11 is 0. The number of para-hydroxylation sites is 1. The van der Waals surface area contributed by atoms with Crippen LogP contribution in [0.5, 0.6) is 11.5 Å². The predicted molar refractivity (Wildman–Crippen MR) is 249 cm³/mol. The first kappa shape index (κ1) is 42.7. The molecule has 5 nitrogen and oxygen atoms in total. The molecule has 0 saturated carbocycles. The van der Waals surface area contributed by atoms with Crippen molar-refractivity contribution in [1.82, 2.24) is 14.1 Å². The van der Waals surface area contributed by atoms with E-state index in [-0.39, 0.29) is 31.9 Å². The summed E-state index contributed by atoms with van der Waals surface area (Å²) < 4.78 is 13.3. The summed E-state index contributed by atoms with van der Waals surface area (Å²) in [6.07, 6.45) is 5.60. The fourth-order valence-corrected chi connectivity index (χ4v) is 8.53. The standard InChI is InChI=1S/C56H52N4O.Pt/c1-37(2)48-22-13-14-23-49(48)40-30-45(59-36-58(38(3)39(59)4)44-21-17-20-42(32-44)55(5,6)7)34-47(31-40)61-46-26-27-51-50-24-15-16-25-52(50)60(53(51)35-46)54-33-43(28-29-57-54)56(8,9)41-18-11-10-12-19-41;/h10-33,37H,1-9H3;/q-2;. The molecule has 3 aromatic heterocycles. The SMILES string of the molecule is Cc1c(C)[n+](-c2cccc(C(C)(C)C)c2)[c-]n1-c1[c-]c(Oc2[c-]c3c(cc2)c2ccccc2n3-c2cc(C(C)(C)c3ccccc3)ccn2)cc(-c2ccccc2C(C)C)c1.[Pt]. The van der Waals surface area contributed by atoms with Crippen LogP contribution in [0.4, 0.5) is 0 Å². The van der Waals surface area contributed by atoms with Gasteiger partial charge in [-0.05, 0) is 94.4 Å². The van der Waals surface area contributed by atoms with E-state index >= 15 is 0 Å². The van der Waals surface area contributed by atoms with E-state index in [0.29, 0.717) is 17.4 Å². The molecule has 314 valence electrons. The third-order valence-electron chi connectivity index (χ3n) is 12.3. The molecule has 0 fully saturated rings. The number of pyridine rings is 1. The average molecular weight is 992 g/mol. The maximum Gasteiger partial charge on any atom is 0.267 e. The van der Waals surface area contributed by atoms with Gasteiger partial charge in [-0.25, -0.2) is 4.98 Å². The van der Waals surface area contributed by atoms with Gasteiger partial charge in [0.25, 0.3) is 6.33 Å². The van der Waals surface area contributed by atoms with Crippen LogP contribution in [0.25, 0.3) is 50.1 Å². The molecule has 9 aromatic rings. The van der Waals surface area contributed by atoms with E-state index in [2.05, 4.69) is 228 Å². The topological polar surface area (TPSA) is 35.9 Å². The van der Waals surface area contributed by atoms with E-state index in [0.717, 1.165) is 61.5 Å². The zero-order valence-electron chi connectivity index (χ0n) is 36.9. The van der Waals surface area contributed by atoms with Crippen molar-refractivity contribution >= 4 is 21.8 Å². The second-order valence-electron chi connectivity index (χ2n) is 18.0. The van der Waals surface area contributed by atoms with Gasteiger partial charge in [0.1, 0.15) is 5.82 Å². The second-order valence-corrected chi connectivity index (χ2v) is 18.0. The third-order valence-corrected chi connectivity index (χ3v) is 12.3. The minimum atomic E-state index is -0.230. The summed E-state index contributed by atoms with van der Waals surface area (Å²) in [5.41, 5.74) is 13.0. The Hall–Kier alpha value is -6.03.